The molecule has 1 aromatic heterocycles. The maximum absolute atomic E-state index is 12.1. The van der Waals surface area contributed by atoms with Gasteiger partial charge in [-0.3, -0.25) is 14.5 Å². The van der Waals surface area contributed by atoms with Crippen molar-refractivity contribution in [2.75, 3.05) is 0 Å². The summed E-state index contributed by atoms with van der Waals surface area (Å²) in [5.74, 6) is 1.32. The highest BCUT2D eigenvalue weighted by atomic mass is 32.2. The van der Waals surface area contributed by atoms with E-state index in [0.29, 0.717) is 4.91 Å². The van der Waals surface area contributed by atoms with Crippen LogP contribution in [0, 0.1) is 13.8 Å². The number of hydrogen-bond acceptors (Lipinski definition) is 4. The van der Waals surface area contributed by atoms with Crippen LogP contribution in [0.2, 0.25) is 0 Å². The van der Waals surface area contributed by atoms with Gasteiger partial charge < -0.3 is 4.42 Å². The van der Waals surface area contributed by atoms with E-state index >= 15 is 0 Å². The largest absolute Gasteiger partial charge is 0.466 e. The lowest BCUT2D eigenvalue weighted by atomic mass is 10.2. The van der Waals surface area contributed by atoms with E-state index in [1.807, 2.05) is 33.8 Å². The van der Waals surface area contributed by atoms with Gasteiger partial charge in [-0.25, -0.2) is 0 Å². The van der Waals surface area contributed by atoms with Gasteiger partial charge in [0.25, 0.3) is 11.1 Å². The lowest BCUT2D eigenvalue weighted by molar-refractivity contribution is -0.123. The van der Waals surface area contributed by atoms with Crippen molar-refractivity contribution in [1.29, 1.82) is 0 Å². The molecule has 0 saturated carbocycles. The standard InChI is InChI=1S/C13H15NO3S/c1-7(2)14-12(15)11(18-13(14)16)6-10-5-8(3)17-9(10)4/h5-7H,1-4H3/b11-6-. The number of nitrogens with zero attached hydrogens (tertiary/aromatic N) is 1. The van der Waals surface area contributed by atoms with Crippen molar-refractivity contribution in [3.05, 3.63) is 28.1 Å². The Morgan fingerprint density at radius 1 is 1.33 bits per heavy atom. The first-order valence-electron chi connectivity index (χ1n) is 5.74. The Kier molecular flexibility index (Phi) is 3.34. The van der Waals surface area contributed by atoms with Gasteiger partial charge in [-0.05, 0) is 51.6 Å². The van der Waals surface area contributed by atoms with Crippen LogP contribution in [0.25, 0.3) is 6.08 Å². The van der Waals surface area contributed by atoms with Gasteiger partial charge in [-0.2, -0.15) is 0 Å². The Morgan fingerprint density at radius 2 is 2.00 bits per heavy atom. The van der Waals surface area contributed by atoms with Crippen LogP contribution in [0.3, 0.4) is 0 Å². The molecule has 18 heavy (non-hydrogen) atoms. The molecule has 5 heteroatoms. The topological polar surface area (TPSA) is 50.5 Å². The third kappa shape index (κ3) is 2.22. The van der Waals surface area contributed by atoms with E-state index in [0.717, 1.165) is 28.8 Å². The molecule has 0 aromatic carbocycles. The molecule has 1 aromatic rings. The zero-order chi connectivity index (χ0) is 13.4. The fraction of sp³-hybridized carbons (Fsp3) is 0.385. The molecule has 1 saturated heterocycles. The van der Waals surface area contributed by atoms with Gasteiger partial charge in [0.05, 0.1) is 4.91 Å². The maximum atomic E-state index is 12.1. The molecule has 0 radical (unpaired) electrons. The first-order chi connectivity index (χ1) is 8.40. The van der Waals surface area contributed by atoms with Crippen molar-refractivity contribution in [3.8, 4) is 0 Å². The number of carbonyl (C=O) groups excluding carboxylic acids is 2. The van der Waals surface area contributed by atoms with Gasteiger partial charge >= 0.3 is 0 Å². The molecule has 0 bridgehead atoms. The highest BCUT2D eigenvalue weighted by Gasteiger charge is 2.36. The second-order valence-corrected chi connectivity index (χ2v) is 5.51. The summed E-state index contributed by atoms with van der Waals surface area (Å²) in [5, 5.41) is -0.209. The van der Waals surface area contributed by atoms with E-state index in [1.54, 1.807) is 6.08 Å². The molecule has 1 fully saturated rings. The summed E-state index contributed by atoms with van der Waals surface area (Å²) in [5.41, 5.74) is 0.849. The van der Waals surface area contributed by atoms with Crippen molar-refractivity contribution in [1.82, 2.24) is 4.90 Å². The van der Waals surface area contributed by atoms with Crippen LogP contribution >= 0.6 is 11.8 Å². The minimum absolute atomic E-state index is 0.115. The molecule has 0 atom stereocenters. The van der Waals surface area contributed by atoms with Crippen molar-refractivity contribution in [2.24, 2.45) is 0 Å². The Morgan fingerprint density at radius 3 is 2.44 bits per heavy atom. The van der Waals surface area contributed by atoms with Crippen molar-refractivity contribution in [2.45, 2.75) is 33.7 Å². The number of rotatable bonds is 2. The predicted octanol–water partition coefficient (Wildman–Crippen LogP) is 3.34. The molecule has 0 aliphatic carbocycles. The normalized spacial score (nSPS) is 18.5. The molecule has 0 N–H and O–H groups in total. The number of imide groups is 1. The number of aryl methyl sites for hydroxylation is 2. The van der Waals surface area contributed by atoms with Gasteiger partial charge in [0.1, 0.15) is 11.5 Å². The molecular formula is C13H15NO3S. The van der Waals surface area contributed by atoms with Crippen LogP contribution < -0.4 is 0 Å². The average Bonchev–Trinajstić information content (AvgIpc) is 2.69. The van der Waals surface area contributed by atoms with Crippen LogP contribution in [-0.2, 0) is 4.79 Å². The molecule has 2 heterocycles. The number of thioether (sulfide) groups is 1. The first-order valence-corrected chi connectivity index (χ1v) is 6.56. The Bertz CT molecular complexity index is 542. The molecular weight excluding hydrogens is 250 g/mol. The van der Waals surface area contributed by atoms with Gasteiger partial charge in [0, 0.05) is 11.6 Å². The third-order valence-electron chi connectivity index (χ3n) is 2.71. The average molecular weight is 265 g/mol. The molecule has 0 spiro atoms. The lowest BCUT2D eigenvalue weighted by Gasteiger charge is -2.16. The summed E-state index contributed by atoms with van der Waals surface area (Å²) in [7, 11) is 0. The van der Waals surface area contributed by atoms with Crippen molar-refractivity contribution in [3.63, 3.8) is 0 Å². The summed E-state index contributed by atoms with van der Waals surface area (Å²) < 4.78 is 5.40. The van der Waals surface area contributed by atoms with E-state index in [4.69, 9.17) is 4.42 Å². The fourth-order valence-electron chi connectivity index (χ4n) is 1.86. The highest BCUT2D eigenvalue weighted by molar-refractivity contribution is 8.18. The summed E-state index contributed by atoms with van der Waals surface area (Å²) in [4.78, 5) is 25.5. The molecule has 1 aliphatic heterocycles. The van der Waals surface area contributed by atoms with E-state index in [-0.39, 0.29) is 17.2 Å². The SMILES string of the molecule is Cc1cc(/C=C2\SC(=O)N(C(C)C)C2=O)c(C)o1. The molecule has 0 unspecified atom stereocenters. The van der Waals surface area contributed by atoms with E-state index in [2.05, 4.69) is 0 Å². The summed E-state index contributed by atoms with van der Waals surface area (Å²) in [6, 6.07) is 1.74. The summed E-state index contributed by atoms with van der Waals surface area (Å²) in [6.07, 6.45) is 1.72. The highest BCUT2D eigenvalue weighted by Crippen LogP contribution is 2.34. The number of carbonyl (C=O) groups is 2. The summed E-state index contributed by atoms with van der Waals surface area (Å²) >= 11 is 0.980. The van der Waals surface area contributed by atoms with Gasteiger partial charge in [-0.1, -0.05) is 0 Å². The van der Waals surface area contributed by atoms with Crippen molar-refractivity contribution < 1.29 is 14.0 Å². The lowest BCUT2D eigenvalue weighted by Crippen LogP contribution is -2.34. The molecule has 1 aliphatic rings. The van der Waals surface area contributed by atoms with Crippen LogP contribution in [0.5, 0.6) is 0 Å². The summed E-state index contributed by atoms with van der Waals surface area (Å²) in [6.45, 7) is 7.34. The van der Waals surface area contributed by atoms with Crippen LogP contribution in [-0.4, -0.2) is 22.1 Å². The molecule has 96 valence electrons. The quantitative estimate of drug-likeness (QED) is 0.769. The Balaban J connectivity index is 2.33. The molecule has 2 rings (SSSR count). The minimum Gasteiger partial charge on any atom is -0.466 e. The van der Waals surface area contributed by atoms with Crippen LogP contribution in [0.1, 0.15) is 30.9 Å². The molecule has 2 amide bonds. The predicted molar refractivity (Wildman–Crippen MR) is 71.1 cm³/mol. The maximum Gasteiger partial charge on any atom is 0.293 e. The van der Waals surface area contributed by atoms with Crippen LogP contribution in [0.4, 0.5) is 4.79 Å². The third-order valence-corrected chi connectivity index (χ3v) is 3.59. The van der Waals surface area contributed by atoms with Gasteiger partial charge in [0.2, 0.25) is 0 Å². The van der Waals surface area contributed by atoms with E-state index in [1.165, 1.54) is 4.90 Å². The van der Waals surface area contributed by atoms with Crippen molar-refractivity contribution >= 4 is 29.0 Å². The van der Waals surface area contributed by atoms with Gasteiger partial charge in [0.15, 0.2) is 0 Å². The Hall–Kier alpha value is -1.49. The fourth-order valence-corrected chi connectivity index (χ4v) is 2.81. The number of furan rings is 1. The smallest absolute Gasteiger partial charge is 0.293 e. The molecule has 4 nitrogen and oxygen atoms in total. The minimum atomic E-state index is -0.224. The first kappa shape index (κ1) is 13.0. The number of amides is 2. The monoisotopic (exact) mass is 265 g/mol. The Labute approximate surface area is 110 Å². The van der Waals surface area contributed by atoms with Crippen LogP contribution in [0.15, 0.2) is 15.4 Å². The zero-order valence-corrected chi connectivity index (χ0v) is 11.6. The number of hydrogen-bond donors (Lipinski definition) is 0. The van der Waals surface area contributed by atoms with E-state index in [9.17, 15) is 9.59 Å². The zero-order valence-electron chi connectivity index (χ0n) is 10.8. The van der Waals surface area contributed by atoms with E-state index < -0.39 is 0 Å². The van der Waals surface area contributed by atoms with Gasteiger partial charge in [-0.15, -0.1) is 0 Å². The second kappa shape index (κ2) is 4.65. The second-order valence-electron chi connectivity index (χ2n) is 4.51.